The molecule has 3 heterocycles. The molecule has 2 aromatic heterocycles. The first kappa shape index (κ1) is 23.0. The summed E-state index contributed by atoms with van der Waals surface area (Å²) in [6, 6.07) is 12.9. The number of aryl methyl sites for hydroxylation is 1. The van der Waals surface area contributed by atoms with Gasteiger partial charge in [-0.2, -0.15) is 9.82 Å². The fourth-order valence-electron chi connectivity index (χ4n) is 5.06. The molecular formula is C25H31N5O3S. The predicted octanol–water partition coefficient (Wildman–Crippen LogP) is 3.43. The van der Waals surface area contributed by atoms with Crippen LogP contribution >= 0.6 is 0 Å². The average Bonchev–Trinajstić information content (AvgIpc) is 3.57. The molecule has 0 bridgehead atoms. The Labute approximate surface area is 200 Å². The molecule has 3 aromatic rings. The summed E-state index contributed by atoms with van der Waals surface area (Å²) in [7, 11) is -3.66. The van der Waals surface area contributed by atoms with Crippen LogP contribution in [0, 0.1) is 6.92 Å². The molecule has 2 aliphatic rings. The third-order valence-electron chi connectivity index (χ3n) is 6.91. The zero-order valence-corrected chi connectivity index (χ0v) is 20.7. The first-order chi connectivity index (χ1) is 16.2. The van der Waals surface area contributed by atoms with Crippen molar-refractivity contribution in [2.24, 2.45) is 0 Å². The van der Waals surface area contributed by atoms with Gasteiger partial charge in [-0.05, 0) is 57.6 Å². The molecule has 1 amide bonds. The summed E-state index contributed by atoms with van der Waals surface area (Å²) in [5.41, 5.74) is 2.93. The van der Waals surface area contributed by atoms with Crippen molar-refractivity contribution in [2.75, 3.05) is 12.8 Å². The second-order valence-electron chi connectivity index (χ2n) is 9.81. The number of carbonyl (C=O) groups excluding carboxylic acids is 1. The van der Waals surface area contributed by atoms with E-state index < -0.39 is 15.6 Å². The fraction of sp³-hybridized carbons (Fsp3) is 0.480. The average molecular weight is 482 g/mol. The van der Waals surface area contributed by atoms with E-state index in [2.05, 4.69) is 10.8 Å². The van der Waals surface area contributed by atoms with Crippen LogP contribution in [0.2, 0.25) is 0 Å². The zero-order chi connectivity index (χ0) is 24.1. The van der Waals surface area contributed by atoms with Crippen LogP contribution in [-0.4, -0.2) is 46.6 Å². The molecule has 1 aliphatic carbocycles. The summed E-state index contributed by atoms with van der Waals surface area (Å²) in [6.45, 7) is 4.23. The number of sulfonamides is 1. The Morgan fingerprint density at radius 1 is 1.09 bits per heavy atom. The molecule has 1 aliphatic heterocycles. The number of nitrogens with one attached hydrogen (secondary N) is 1. The lowest BCUT2D eigenvalue weighted by Gasteiger charge is -2.41. The van der Waals surface area contributed by atoms with Crippen LogP contribution in [0.4, 0.5) is 0 Å². The second-order valence-corrected chi connectivity index (χ2v) is 11.6. The number of fused-ring (bicyclic) bond motifs is 1. The lowest BCUT2D eigenvalue weighted by molar-refractivity contribution is -0.141. The maximum atomic E-state index is 14.1. The number of nitrogens with zero attached hydrogens (tertiary/aromatic N) is 4. The minimum Gasteiger partial charge on any atom is -0.332 e. The molecule has 1 saturated heterocycles. The van der Waals surface area contributed by atoms with Gasteiger partial charge in [0, 0.05) is 29.9 Å². The first-order valence-electron chi connectivity index (χ1n) is 11.9. The smallest absolute Gasteiger partial charge is 0.248 e. The van der Waals surface area contributed by atoms with Crippen molar-refractivity contribution in [3.8, 4) is 0 Å². The van der Waals surface area contributed by atoms with Crippen molar-refractivity contribution in [3.05, 3.63) is 65.1 Å². The Hall–Kier alpha value is -2.78. The Bertz CT molecular complexity index is 1330. The highest BCUT2D eigenvalue weighted by Gasteiger charge is 2.44. The van der Waals surface area contributed by atoms with Crippen LogP contribution < -0.4 is 4.72 Å². The molecule has 0 radical (unpaired) electrons. The van der Waals surface area contributed by atoms with Gasteiger partial charge in [0.15, 0.2) is 5.65 Å². The summed E-state index contributed by atoms with van der Waals surface area (Å²) in [6.07, 6.45) is 6.06. The van der Waals surface area contributed by atoms with Gasteiger partial charge in [-0.15, -0.1) is 0 Å². The third-order valence-corrected chi connectivity index (χ3v) is 7.69. The number of benzene rings is 1. The van der Waals surface area contributed by atoms with Crippen molar-refractivity contribution in [2.45, 2.75) is 63.5 Å². The fourth-order valence-corrected chi connectivity index (χ4v) is 6.00. The quantitative estimate of drug-likeness (QED) is 0.582. The van der Waals surface area contributed by atoms with Gasteiger partial charge in [0.25, 0.3) is 0 Å². The van der Waals surface area contributed by atoms with Crippen LogP contribution in [0.15, 0.2) is 42.5 Å². The molecule has 0 unspecified atom stereocenters. The van der Waals surface area contributed by atoms with Crippen molar-refractivity contribution in [3.63, 3.8) is 0 Å². The highest BCUT2D eigenvalue weighted by molar-refractivity contribution is 7.88. The molecule has 8 nitrogen and oxygen atoms in total. The summed E-state index contributed by atoms with van der Waals surface area (Å²) in [5.74, 6) is 0.276. The molecule has 9 heteroatoms. The zero-order valence-electron chi connectivity index (χ0n) is 19.9. The van der Waals surface area contributed by atoms with Gasteiger partial charge in [0.05, 0.1) is 18.0 Å². The minimum absolute atomic E-state index is 0.240. The number of amides is 1. The van der Waals surface area contributed by atoms with E-state index >= 15 is 0 Å². The number of likely N-dealkylation sites (tertiary alicyclic amines) is 1. The minimum atomic E-state index is -3.66. The van der Waals surface area contributed by atoms with Gasteiger partial charge in [0.2, 0.25) is 15.9 Å². The lowest BCUT2D eigenvalue weighted by Crippen LogP contribution is -2.56. The molecule has 1 N–H and O–H groups in total. The van der Waals surface area contributed by atoms with Crippen molar-refractivity contribution < 1.29 is 13.2 Å². The maximum Gasteiger partial charge on any atom is 0.248 e. The Morgan fingerprint density at radius 3 is 2.50 bits per heavy atom. The van der Waals surface area contributed by atoms with Crippen LogP contribution in [0.3, 0.4) is 0 Å². The van der Waals surface area contributed by atoms with E-state index in [9.17, 15) is 13.2 Å². The van der Waals surface area contributed by atoms with E-state index in [4.69, 9.17) is 10.1 Å². The SMILES string of the molecule is Cc1cc(C2CC2)nc2cc([C@@H]3CCCCN3C(=O)[C@](C)(NS(C)(=O)=O)c3ccccc3)nn12. The molecule has 1 saturated carbocycles. The van der Waals surface area contributed by atoms with Gasteiger partial charge >= 0.3 is 0 Å². The number of aromatic nitrogens is 3. The topological polar surface area (TPSA) is 96.7 Å². The lowest BCUT2D eigenvalue weighted by atomic mass is 9.89. The van der Waals surface area contributed by atoms with Gasteiger partial charge in [0.1, 0.15) is 5.54 Å². The number of carbonyl (C=O) groups is 1. The van der Waals surface area contributed by atoms with E-state index in [1.807, 2.05) is 35.7 Å². The van der Waals surface area contributed by atoms with E-state index in [1.54, 1.807) is 24.0 Å². The monoisotopic (exact) mass is 481 g/mol. The Kier molecular flexibility index (Phi) is 5.72. The van der Waals surface area contributed by atoms with Gasteiger partial charge in [-0.1, -0.05) is 30.3 Å². The summed E-state index contributed by atoms with van der Waals surface area (Å²) < 4.78 is 29.1. The van der Waals surface area contributed by atoms with Crippen LogP contribution in [0.5, 0.6) is 0 Å². The summed E-state index contributed by atoms with van der Waals surface area (Å²) >= 11 is 0. The van der Waals surface area contributed by atoms with Gasteiger partial charge in [-0.25, -0.2) is 17.9 Å². The second kappa shape index (κ2) is 8.46. The summed E-state index contributed by atoms with van der Waals surface area (Å²) in [5, 5.41) is 4.84. The predicted molar refractivity (Wildman–Crippen MR) is 130 cm³/mol. The summed E-state index contributed by atoms with van der Waals surface area (Å²) in [4.78, 5) is 20.7. The van der Waals surface area contributed by atoms with Crippen LogP contribution in [0.25, 0.3) is 5.65 Å². The highest BCUT2D eigenvalue weighted by Crippen LogP contribution is 2.40. The molecule has 5 rings (SSSR count). The van der Waals surface area contributed by atoms with Crippen molar-refractivity contribution in [1.29, 1.82) is 0 Å². The first-order valence-corrected chi connectivity index (χ1v) is 13.8. The van der Waals surface area contributed by atoms with E-state index in [-0.39, 0.29) is 11.9 Å². The van der Waals surface area contributed by atoms with Crippen LogP contribution in [-0.2, 0) is 20.4 Å². The molecule has 2 fully saturated rings. The number of hydrogen-bond donors (Lipinski definition) is 1. The molecule has 0 spiro atoms. The number of rotatable bonds is 6. The van der Waals surface area contributed by atoms with E-state index in [0.717, 1.165) is 48.2 Å². The third kappa shape index (κ3) is 4.34. The van der Waals surface area contributed by atoms with Gasteiger partial charge < -0.3 is 4.90 Å². The molecule has 2 atom stereocenters. The van der Waals surface area contributed by atoms with Gasteiger partial charge in [-0.3, -0.25) is 4.79 Å². The standard InChI is InChI=1S/C25H31N5O3S/c1-17-15-20(18-12-13-18)26-23-16-21(27-30(17)23)22-11-7-8-14-29(22)24(31)25(2,28-34(3,32)33)19-9-5-4-6-10-19/h4-6,9-10,15-16,18,22,28H,7-8,11-14H2,1-3H3/t22-,25+/m0/s1. The molecule has 180 valence electrons. The molecule has 34 heavy (non-hydrogen) atoms. The van der Waals surface area contributed by atoms with E-state index in [0.29, 0.717) is 18.0 Å². The maximum absolute atomic E-state index is 14.1. The Balaban J connectivity index is 1.54. The van der Waals surface area contributed by atoms with Crippen LogP contribution in [0.1, 0.15) is 73.6 Å². The van der Waals surface area contributed by atoms with Crippen molar-refractivity contribution in [1.82, 2.24) is 24.2 Å². The normalized spacial score (nSPS) is 20.9. The highest BCUT2D eigenvalue weighted by atomic mass is 32.2. The van der Waals surface area contributed by atoms with Crippen molar-refractivity contribution >= 4 is 21.6 Å². The van der Waals surface area contributed by atoms with E-state index in [1.165, 1.54) is 12.8 Å². The molecular weight excluding hydrogens is 450 g/mol. The largest absolute Gasteiger partial charge is 0.332 e. The number of piperidine rings is 1. The number of hydrogen-bond acceptors (Lipinski definition) is 5. The Morgan fingerprint density at radius 2 is 1.82 bits per heavy atom. The molecule has 1 aromatic carbocycles.